The van der Waals surface area contributed by atoms with E-state index in [1.54, 1.807) is 0 Å². The lowest BCUT2D eigenvalue weighted by molar-refractivity contribution is -0.0377. The molecule has 0 spiro atoms. The van der Waals surface area contributed by atoms with Gasteiger partial charge < -0.3 is 4.74 Å². The van der Waals surface area contributed by atoms with E-state index in [1.165, 1.54) is 70.6 Å². The molecule has 2 saturated carbocycles. The van der Waals surface area contributed by atoms with Gasteiger partial charge in [0.1, 0.15) is 0 Å². The molecule has 1 aliphatic heterocycles. The number of rotatable bonds is 5. The van der Waals surface area contributed by atoms with Crippen molar-refractivity contribution in [2.75, 3.05) is 6.61 Å². The molecule has 1 unspecified atom stereocenters. The van der Waals surface area contributed by atoms with Crippen molar-refractivity contribution in [3.05, 3.63) is 12.2 Å². The van der Waals surface area contributed by atoms with Crippen LogP contribution in [0, 0.1) is 23.7 Å². The summed E-state index contributed by atoms with van der Waals surface area (Å²) in [6, 6.07) is 0. The highest BCUT2D eigenvalue weighted by molar-refractivity contribution is 4.86. The summed E-state index contributed by atoms with van der Waals surface area (Å²) in [5.74, 6) is 3.33. The maximum absolute atomic E-state index is 12.1. The third kappa shape index (κ3) is 5.28. The maximum atomic E-state index is 12.1. The highest BCUT2D eigenvalue weighted by Gasteiger charge is 2.33. The van der Waals surface area contributed by atoms with Crippen LogP contribution < -0.4 is 0 Å². The largest absolute Gasteiger partial charge is 0.378 e. The van der Waals surface area contributed by atoms with Gasteiger partial charge in [0.25, 0.3) is 6.08 Å². The van der Waals surface area contributed by atoms with Gasteiger partial charge in [-0.1, -0.05) is 12.8 Å². The quantitative estimate of drug-likeness (QED) is 0.539. The molecular weight excluding hydrogens is 306 g/mol. The summed E-state index contributed by atoms with van der Waals surface area (Å²) in [4.78, 5) is 0. The van der Waals surface area contributed by atoms with Gasteiger partial charge in [0.15, 0.2) is 0 Å². The van der Waals surface area contributed by atoms with Crippen molar-refractivity contribution in [3.8, 4) is 0 Å². The molecular formula is C21H34F2O. The monoisotopic (exact) mass is 340 g/mol. The number of allylic oxidation sites excluding steroid dienone is 1. The van der Waals surface area contributed by atoms with Crippen LogP contribution in [0.5, 0.6) is 0 Å². The van der Waals surface area contributed by atoms with Crippen molar-refractivity contribution in [2.45, 2.75) is 89.6 Å². The second-order valence-corrected chi connectivity index (χ2v) is 8.43. The number of ether oxygens (including phenoxy) is 1. The number of hydrogen-bond donors (Lipinski definition) is 0. The van der Waals surface area contributed by atoms with Crippen molar-refractivity contribution < 1.29 is 13.5 Å². The van der Waals surface area contributed by atoms with Crippen molar-refractivity contribution in [1.82, 2.24) is 0 Å². The Labute approximate surface area is 146 Å². The van der Waals surface area contributed by atoms with Crippen LogP contribution in [0.4, 0.5) is 8.78 Å². The molecule has 3 rings (SSSR count). The van der Waals surface area contributed by atoms with Gasteiger partial charge in [0.2, 0.25) is 0 Å². The second-order valence-electron chi connectivity index (χ2n) is 8.43. The van der Waals surface area contributed by atoms with Gasteiger partial charge in [0, 0.05) is 6.61 Å². The van der Waals surface area contributed by atoms with Gasteiger partial charge in [0.05, 0.1) is 6.10 Å². The van der Waals surface area contributed by atoms with E-state index in [4.69, 9.17) is 4.74 Å². The van der Waals surface area contributed by atoms with Crippen LogP contribution in [-0.2, 0) is 4.74 Å². The van der Waals surface area contributed by atoms with E-state index in [9.17, 15) is 8.78 Å². The standard InChI is InChI=1S/C21H34F2O/c22-21(23)6-3-4-16-7-9-17(10-8-16)18-11-13-19(14-12-18)20-5-1-2-15-24-20/h6,16-20H,1-5,7-15H2. The Morgan fingerprint density at radius 1 is 0.792 bits per heavy atom. The zero-order valence-corrected chi connectivity index (χ0v) is 15.0. The van der Waals surface area contributed by atoms with Crippen molar-refractivity contribution in [3.63, 3.8) is 0 Å². The van der Waals surface area contributed by atoms with Crippen LogP contribution in [-0.4, -0.2) is 12.7 Å². The summed E-state index contributed by atoms with van der Waals surface area (Å²) in [7, 11) is 0. The van der Waals surface area contributed by atoms with E-state index in [1.807, 2.05) is 0 Å². The number of halogens is 2. The average Bonchev–Trinajstić information content (AvgIpc) is 2.63. The molecule has 24 heavy (non-hydrogen) atoms. The van der Waals surface area contributed by atoms with E-state index in [0.29, 0.717) is 18.4 Å². The summed E-state index contributed by atoms with van der Waals surface area (Å²) in [5.41, 5.74) is 0. The molecule has 1 heterocycles. The molecule has 3 fully saturated rings. The molecule has 2 aliphatic carbocycles. The molecule has 138 valence electrons. The Hall–Kier alpha value is -0.440. The molecule has 0 aromatic rings. The summed E-state index contributed by atoms with van der Waals surface area (Å²) < 4.78 is 30.2. The van der Waals surface area contributed by atoms with Gasteiger partial charge in [-0.25, -0.2) is 0 Å². The van der Waals surface area contributed by atoms with Crippen LogP contribution in [0.1, 0.15) is 83.5 Å². The normalized spacial score (nSPS) is 37.8. The third-order valence-corrected chi connectivity index (χ3v) is 6.99. The van der Waals surface area contributed by atoms with Crippen molar-refractivity contribution >= 4 is 0 Å². The van der Waals surface area contributed by atoms with E-state index in [0.717, 1.165) is 36.9 Å². The van der Waals surface area contributed by atoms with E-state index in [-0.39, 0.29) is 0 Å². The Balaban J connectivity index is 1.35. The third-order valence-electron chi connectivity index (χ3n) is 6.99. The Kier molecular flexibility index (Phi) is 7.12. The van der Waals surface area contributed by atoms with Gasteiger partial charge in [-0.3, -0.25) is 0 Å². The first-order valence-electron chi connectivity index (χ1n) is 10.3. The molecule has 1 atom stereocenters. The Bertz CT molecular complexity index is 383. The van der Waals surface area contributed by atoms with Crippen LogP contribution in [0.25, 0.3) is 0 Å². The highest BCUT2D eigenvalue weighted by atomic mass is 19.3. The SMILES string of the molecule is FC(F)=CCCC1CCC(C2CCC(C3CCCCO3)CC2)CC1. The van der Waals surface area contributed by atoms with E-state index >= 15 is 0 Å². The van der Waals surface area contributed by atoms with Crippen molar-refractivity contribution in [2.24, 2.45) is 23.7 Å². The highest BCUT2D eigenvalue weighted by Crippen LogP contribution is 2.43. The minimum atomic E-state index is -1.51. The molecule has 0 aromatic heterocycles. The summed E-state index contributed by atoms with van der Waals surface area (Å²) >= 11 is 0. The van der Waals surface area contributed by atoms with E-state index in [2.05, 4.69) is 0 Å². The lowest BCUT2D eigenvalue weighted by Crippen LogP contribution is -2.33. The summed E-state index contributed by atoms with van der Waals surface area (Å²) in [6.07, 6.45) is 16.3. The predicted molar refractivity (Wildman–Crippen MR) is 94.0 cm³/mol. The molecule has 0 radical (unpaired) electrons. The molecule has 0 aromatic carbocycles. The van der Waals surface area contributed by atoms with E-state index < -0.39 is 6.08 Å². The fourth-order valence-corrected chi connectivity index (χ4v) is 5.50. The maximum Gasteiger partial charge on any atom is 0.266 e. The Morgan fingerprint density at radius 3 is 2.00 bits per heavy atom. The van der Waals surface area contributed by atoms with Gasteiger partial charge in [-0.15, -0.1) is 0 Å². The van der Waals surface area contributed by atoms with Crippen LogP contribution >= 0.6 is 0 Å². The minimum Gasteiger partial charge on any atom is -0.378 e. The molecule has 1 nitrogen and oxygen atoms in total. The average molecular weight is 340 g/mol. The summed E-state index contributed by atoms with van der Waals surface area (Å²) in [5, 5.41) is 0. The Morgan fingerprint density at radius 2 is 1.42 bits per heavy atom. The van der Waals surface area contributed by atoms with Crippen LogP contribution in [0.15, 0.2) is 12.2 Å². The lowest BCUT2D eigenvalue weighted by atomic mass is 9.68. The van der Waals surface area contributed by atoms with Crippen molar-refractivity contribution in [1.29, 1.82) is 0 Å². The van der Waals surface area contributed by atoms with Gasteiger partial charge in [-0.05, 0) is 100 Å². The van der Waals surface area contributed by atoms with Crippen LogP contribution in [0.3, 0.4) is 0 Å². The zero-order valence-electron chi connectivity index (χ0n) is 15.0. The zero-order chi connectivity index (χ0) is 16.8. The predicted octanol–water partition coefficient (Wildman–Crippen LogP) is 6.73. The summed E-state index contributed by atoms with van der Waals surface area (Å²) in [6.45, 7) is 0.982. The minimum absolute atomic E-state index is 0.555. The van der Waals surface area contributed by atoms with Gasteiger partial charge >= 0.3 is 0 Å². The lowest BCUT2D eigenvalue weighted by Gasteiger charge is -2.40. The second kappa shape index (κ2) is 9.31. The molecule has 3 aliphatic rings. The fourth-order valence-electron chi connectivity index (χ4n) is 5.50. The number of hydrogen-bond acceptors (Lipinski definition) is 1. The molecule has 0 amide bonds. The van der Waals surface area contributed by atoms with Gasteiger partial charge in [-0.2, -0.15) is 8.78 Å². The molecule has 3 heteroatoms. The topological polar surface area (TPSA) is 9.23 Å². The fraction of sp³-hybridized carbons (Fsp3) is 0.905. The molecule has 0 N–H and O–H groups in total. The smallest absolute Gasteiger partial charge is 0.266 e. The first-order valence-corrected chi connectivity index (χ1v) is 10.3. The molecule has 1 saturated heterocycles. The first kappa shape index (κ1) is 18.4. The molecule has 0 bridgehead atoms. The van der Waals surface area contributed by atoms with Crippen LogP contribution in [0.2, 0.25) is 0 Å². The first-order chi connectivity index (χ1) is 11.7.